The van der Waals surface area contributed by atoms with E-state index in [0.29, 0.717) is 18.7 Å². The van der Waals surface area contributed by atoms with Crippen molar-refractivity contribution in [2.45, 2.75) is 43.9 Å². The van der Waals surface area contributed by atoms with Crippen LogP contribution in [0.5, 0.6) is 0 Å². The highest BCUT2D eigenvalue weighted by Crippen LogP contribution is 2.32. The van der Waals surface area contributed by atoms with Crippen LogP contribution in [0.3, 0.4) is 0 Å². The average molecular weight is 285 g/mol. The van der Waals surface area contributed by atoms with E-state index < -0.39 is 15.1 Å². The molecule has 1 aromatic heterocycles. The fraction of sp³-hybridized carbons (Fsp3) is 0.833. The fourth-order valence-electron chi connectivity index (χ4n) is 2.93. The summed E-state index contributed by atoms with van der Waals surface area (Å²) in [6.07, 6.45) is 3.88. The zero-order chi connectivity index (χ0) is 13.5. The van der Waals surface area contributed by atoms with Crippen LogP contribution in [0.1, 0.15) is 42.6 Å². The van der Waals surface area contributed by atoms with Gasteiger partial charge in [0.2, 0.25) is 0 Å². The zero-order valence-electron chi connectivity index (χ0n) is 10.8. The van der Waals surface area contributed by atoms with Crippen molar-refractivity contribution >= 4 is 9.84 Å². The molecule has 1 aromatic rings. The van der Waals surface area contributed by atoms with E-state index in [0.717, 1.165) is 31.6 Å². The Morgan fingerprint density at radius 2 is 2.16 bits per heavy atom. The van der Waals surface area contributed by atoms with Gasteiger partial charge in [-0.3, -0.25) is 0 Å². The van der Waals surface area contributed by atoms with Crippen molar-refractivity contribution < 1.29 is 13.5 Å². The van der Waals surface area contributed by atoms with Gasteiger partial charge in [-0.05, 0) is 25.2 Å². The monoisotopic (exact) mass is 285 g/mol. The second-order valence-corrected chi connectivity index (χ2v) is 7.81. The van der Waals surface area contributed by atoms with Gasteiger partial charge in [-0.2, -0.15) is 5.10 Å². The molecule has 106 valence electrons. The van der Waals surface area contributed by atoms with E-state index in [-0.39, 0.29) is 18.3 Å². The molecule has 2 atom stereocenters. The van der Waals surface area contributed by atoms with E-state index >= 15 is 0 Å². The molecule has 1 saturated heterocycles. The van der Waals surface area contributed by atoms with Gasteiger partial charge in [0, 0.05) is 19.6 Å². The maximum atomic E-state index is 12.1. The molecule has 2 aliphatic heterocycles. The molecule has 0 aliphatic carbocycles. The number of fused-ring (bicyclic) bond motifs is 1. The lowest BCUT2D eigenvalue weighted by Crippen LogP contribution is -2.23. The summed E-state index contributed by atoms with van der Waals surface area (Å²) in [5.74, 6) is 1.77. The SMILES string of the molecule is O=S1(=O)CCCCC1c1nc2n(n1)CCC(CO)C2. The van der Waals surface area contributed by atoms with Crippen LogP contribution < -0.4 is 0 Å². The van der Waals surface area contributed by atoms with Gasteiger partial charge in [-0.15, -0.1) is 0 Å². The predicted molar refractivity (Wildman–Crippen MR) is 69.3 cm³/mol. The molecule has 0 amide bonds. The van der Waals surface area contributed by atoms with E-state index in [1.54, 1.807) is 0 Å². The van der Waals surface area contributed by atoms with Gasteiger partial charge >= 0.3 is 0 Å². The van der Waals surface area contributed by atoms with Crippen LogP contribution in [0, 0.1) is 5.92 Å². The molecule has 3 rings (SSSR count). The Morgan fingerprint density at radius 1 is 1.32 bits per heavy atom. The third-order valence-corrected chi connectivity index (χ3v) is 6.28. The van der Waals surface area contributed by atoms with E-state index in [1.165, 1.54) is 0 Å². The molecule has 7 heteroatoms. The lowest BCUT2D eigenvalue weighted by atomic mass is 9.99. The molecule has 0 aromatic carbocycles. The molecule has 0 spiro atoms. The number of aliphatic hydroxyl groups excluding tert-OH is 1. The molecular formula is C12H19N3O3S. The number of hydrogen-bond acceptors (Lipinski definition) is 5. The van der Waals surface area contributed by atoms with Gasteiger partial charge in [-0.25, -0.2) is 18.1 Å². The number of aromatic nitrogens is 3. The second kappa shape index (κ2) is 4.86. The van der Waals surface area contributed by atoms with Crippen LogP contribution in [0.2, 0.25) is 0 Å². The minimum atomic E-state index is -3.08. The highest BCUT2D eigenvalue weighted by atomic mass is 32.2. The van der Waals surface area contributed by atoms with Crippen molar-refractivity contribution in [1.82, 2.24) is 14.8 Å². The van der Waals surface area contributed by atoms with Crippen molar-refractivity contribution in [1.29, 1.82) is 0 Å². The molecule has 0 radical (unpaired) electrons. The number of aryl methyl sites for hydroxylation is 1. The van der Waals surface area contributed by atoms with Crippen molar-refractivity contribution in [3.05, 3.63) is 11.6 Å². The molecule has 19 heavy (non-hydrogen) atoms. The molecule has 1 fully saturated rings. The summed E-state index contributed by atoms with van der Waals surface area (Å²) in [4.78, 5) is 4.43. The maximum absolute atomic E-state index is 12.1. The second-order valence-electron chi connectivity index (χ2n) is 5.50. The summed E-state index contributed by atoms with van der Waals surface area (Å²) in [5, 5.41) is 13.1. The molecule has 6 nitrogen and oxygen atoms in total. The van der Waals surface area contributed by atoms with Gasteiger partial charge in [0.05, 0.1) is 5.75 Å². The zero-order valence-corrected chi connectivity index (χ0v) is 11.6. The van der Waals surface area contributed by atoms with E-state index in [9.17, 15) is 13.5 Å². The Bertz CT molecular complexity index is 567. The van der Waals surface area contributed by atoms with Crippen LogP contribution in [-0.2, 0) is 22.8 Å². The van der Waals surface area contributed by atoms with Crippen LogP contribution >= 0.6 is 0 Å². The first kappa shape index (κ1) is 13.1. The van der Waals surface area contributed by atoms with Gasteiger partial charge in [0.1, 0.15) is 11.1 Å². The highest BCUT2D eigenvalue weighted by Gasteiger charge is 2.34. The third-order valence-electron chi connectivity index (χ3n) is 4.11. The fourth-order valence-corrected chi connectivity index (χ4v) is 4.76. The van der Waals surface area contributed by atoms with Crippen molar-refractivity contribution in [2.24, 2.45) is 5.92 Å². The quantitative estimate of drug-likeness (QED) is 0.854. The molecular weight excluding hydrogens is 266 g/mol. The topological polar surface area (TPSA) is 85.1 Å². The van der Waals surface area contributed by atoms with Crippen LogP contribution in [0.25, 0.3) is 0 Å². The summed E-state index contributed by atoms with van der Waals surface area (Å²) < 4.78 is 26.0. The lowest BCUT2D eigenvalue weighted by Gasteiger charge is -2.19. The van der Waals surface area contributed by atoms with Crippen molar-refractivity contribution in [3.63, 3.8) is 0 Å². The normalized spacial score (nSPS) is 29.9. The predicted octanol–water partition coefficient (Wildman–Crippen LogP) is 0.473. The molecule has 3 heterocycles. The smallest absolute Gasteiger partial charge is 0.169 e. The summed E-state index contributed by atoms with van der Waals surface area (Å²) in [7, 11) is -3.08. The van der Waals surface area contributed by atoms with Crippen molar-refractivity contribution in [3.8, 4) is 0 Å². The maximum Gasteiger partial charge on any atom is 0.169 e. The number of sulfone groups is 1. The Hall–Kier alpha value is -0.950. The molecule has 0 bridgehead atoms. The number of nitrogens with zero attached hydrogens (tertiary/aromatic N) is 3. The standard InChI is InChI=1S/C12H19N3O3S/c16-8-9-4-5-15-11(7-9)13-12(14-15)10-3-1-2-6-19(10,17)18/h9-10,16H,1-8H2. The average Bonchev–Trinajstić information content (AvgIpc) is 2.80. The van der Waals surface area contributed by atoms with Crippen LogP contribution in [-0.4, -0.2) is 40.6 Å². The molecule has 0 saturated carbocycles. The summed E-state index contributed by atoms with van der Waals surface area (Å²) in [5.41, 5.74) is 0. The number of hydrogen-bond donors (Lipinski definition) is 1. The highest BCUT2D eigenvalue weighted by molar-refractivity contribution is 7.91. The van der Waals surface area contributed by atoms with Gasteiger partial charge in [-0.1, -0.05) is 6.42 Å². The van der Waals surface area contributed by atoms with Crippen molar-refractivity contribution in [2.75, 3.05) is 12.4 Å². The summed E-state index contributed by atoms with van der Waals surface area (Å²) in [6.45, 7) is 0.879. The Balaban J connectivity index is 1.89. The first-order valence-corrected chi connectivity index (χ1v) is 8.58. The molecule has 1 N–H and O–H groups in total. The van der Waals surface area contributed by atoms with Crippen LogP contribution in [0.15, 0.2) is 0 Å². The Kier molecular flexibility index (Phi) is 3.34. The third kappa shape index (κ3) is 2.41. The Labute approximate surface area is 112 Å². The van der Waals surface area contributed by atoms with E-state index in [1.807, 2.05) is 4.68 Å². The largest absolute Gasteiger partial charge is 0.396 e. The molecule has 2 aliphatic rings. The number of aliphatic hydroxyl groups is 1. The van der Waals surface area contributed by atoms with E-state index in [4.69, 9.17) is 0 Å². The Morgan fingerprint density at radius 3 is 2.89 bits per heavy atom. The van der Waals surface area contributed by atoms with Gasteiger partial charge in [0.15, 0.2) is 15.7 Å². The summed E-state index contributed by atoms with van der Waals surface area (Å²) >= 11 is 0. The minimum Gasteiger partial charge on any atom is -0.396 e. The van der Waals surface area contributed by atoms with Gasteiger partial charge < -0.3 is 5.11 Å². The van der Waals surface area contributed by atoms with Gasteiger partial charge in [0.25, 0.3) is 0 Å². The minimum absolute atomic E-state index is 0.157. The summed E-state index contributed by atoms with van der Waals surface area (Å²) in [6, 6.07) is 0. The number of rotatable bonds is 2. The molecule has 2 unspecified atom stereocenters. The van der Waals surface area contributed by atoms with E-state index in [2.05, 4.69) is 10.1 Å². The van der Waals surface area contributed by atoms with Crippen LogP contribution in [0.4, 0.5) is 0 Å². The first-order valence-electron chi connectivity index (χ1n) is 6.86. The lowest BCUT2D eigenvalue weighted by molar-refractivity contribution is 0.196. The first-order chi connectivity index (χ1) is 9.10.